The molecule has 1 aromatic rings. The van der Waals surface area contributed by atoms with Crippen molar-refractivity contribution in [2.75, 3.05) is 20.3 Å². The number of rotatable bonds is 12. The molecule has 0 radical (unpaired) electrons. The largest absolute Gasteiger partial charge is 0.466 e. The summed E-state index contributed by atoms with van der Waals surface area (Å²) in [6.45, 7) is 8.39. The van der Waals surface area contributed by atoms with Crippen molar-refractivity contribution in [2.24, 2.45) is 5.92 Å². The maximum atomic E-state index is 13.7. The van der Waals surface area contributed by atoms with Gasteiger partial charge in [-0.2, -0.15) is 0 Å². The van der Waals surface area contributed by atoms with Crippen LogP contribution in [0.5, 0.6) is 5.75 Å². The Hall–Kier alpha value is -2.08. The van der Waals surface area contributed by atoms with E-state index in [2.05, 4.69) is 0 Å². The van der Waals surface area contributed by atoms with Crippen LogP contribution in [-0.4, -0.2) is 32.6 Å². The van der Waals surface area contributed by atoms with Crippen LogP contribution in [0.15, 0.2) is 30.0 Å². The molecule has 0 N–H and O–H groups in total. The van der Waals surface area contributed by atoms with Crippen LogP contribution in [0.4, 0.5) is 4.39 Å². The predicted octanol–water partition coefficient (Wildman–Crippen LogP) is 4.64. The van der Waals surface area contributed by atoms with Crippen LogP contribution < -0.4 is 4.74 Å². The van der Waals surface area contributed by atoms with Crippen LogP contribution in [0.1, 0.15) is 46.1 Å². The average Bonchev–Trinajstić information content (AvgIpc) is 2.63. The van der Waals surface area contributed by atoms with E-state index in [4.69, 9.17) is 18.9 Å². The maximum Gasteiger partial charge on any atom is 0.310 e. The van der Waals surface area contributed by atoms with Gasteiger partial charge in [-0.1, -0.05) is 20.8 Å². The van der Waals surface area contributed by atoms with Crippen molar-refractivity contribution < 1.29 is 28.1 Å². The first-order valence-corrected chi connectivity index (χ1v) is 9.40. The second kappa shape index (κ2) is 12.3. The molecule has 1 aromatic carbocycles. The fourth-order valence-electron chi connectivity index (χ4n) is 2.40. The SMILES string of the molecule is CC/C=C(/COC)OC(Oc1ccc(F)cc1CC(=O)OCC)C(C)CC. The van der Waals surface area contributed by atoms with Crippen molar-refractivity contribution in [3.8, 4) is 5.75 Å². The molecule has 2 unspecified atom stereocenters. The topological polar surface area (TPSA) is 54.0 Å². The van der Waals surface area contributed by atoms with E-state index in [-0.39, 0.29) is 18.9 Å². The number of allylic oxidation sites excluding steroid dienone is 1. The van der Waals surface area contributed by atoms with Gasteiger partial charge in [-0.3, -0.25) is 4.79 Å². The summed E-state index contributed by atoms with van der Waals surface area (Å²) in [4.78, 5) is 11.8. The summed E-state index contributed by atoms with van der Waals surface area (Å²) < 4.78 is 35.9. The third-order valence-corrected chi connectivity index (χ3v) is 4.00. The van der Waals surface area contributed by atoms with Crippen LogP contribution in [0.2, 0.25) is 0 Å². The third kappa shape index (κ3) is 7.99. The van der Waals surface area contributed by atoms with Gasteiger partial charge < -0.3 is 18.9 Å². The quantitative estimate of drug-likeness (QED) is 0.299. The molecule has 0 aliphatic heterocycles. The molecule has 0 fully saturated rings. The highest BCUT2D eigenvalue weighted by molar-refractivity contribution is 5.73. The summed E-state index contributed by atoms with van der Waals surface area (Å²) in [7, 11) is 1.60. The molecule has 1 rings (SSSR count). The third-order valence-electron chi connectivity index (χ3n) is 4.00. The molecule has 0 heterocycles. The van der Waals surface area contributed by atoms with E-state index in [0.29, 0.717) is 23.7 Å². The van der Waals surface area contributed by atoms with Crippen molar-refractivity contribution in [1.29, 1.82) is 0 Å². The zero-order chi connectivity index (χ0) is 20.2. The maximum absolute atomic E-state index is 13.7. The van der Waals surface area contributed by atoms with Gasteiger partial charge in [0.25, 0.3) is 0 Å². The number of ether oxygens (including phenoxy) is 4. The molecular weight excluding hydrogens is 351 g/mol. The van der Waals surface area contributed by atoms with Gasteiger partial charge in [-0.05, 0) is 44.0 Å². The van der Waals surface area contributed by atoms with Crippen LogP contribution >= 0.6 is 0 Å². The standard InChI is InChI=1S/C21H31FO5/c1-6-9-18(14-24-5)26-21(15(4)7-2)27-19-11-10-17(22)12-16(19)13-20(23)25-8-3/h9-12,15,21H,6-8,13-14H2,1-5H3/b18-9-. The number of hydrogen-bond donors (Lipinski definition) is 0. The number of methoxy groups -OCH3 is 1. The lowest BCUT2D eigenvalue weighted by atomic mass is 10.1. The van der Waals surface area contributed by atoms with E-state index >= 15 is 0 Å². The first kappa shape index (κ1) is 23.0. The van der Waals surface area contributed by atoms with Crippen LogP contribution in [-0.2, 0) is 25.4 Å². The Balaban J connectivity index is 3.06. The van der Waals surface area contributed by atoms with E-state index in [1.807, 2.05) is 26.8 Å². The summed E-state index contributed by atoms with van der Waals surface area (Å²) in [5, 5.41) is 0. The summed E-state index contributed by atoms with van der Waals surface area (Å²) in [5.41, 5.74) is 0.429. The highest BCUT2D eigenvalue weighted by atomic mass is 19.1. The lowest BCUT2D eigenvalue weighted by Gasteiger charge is -2.27. The molecule has 2 atom stereocenters. The Bertz CT molecular complexity index is 615. The molecule has 0 amide bonds. The number of halogens is 1. The Kier molecular flexibility index (Phi) is 10.5. The summed E-state index contributed by atoms with van der Waals surface area (Å²) in [5.74, 6) is 0.290. The van der Waals surface area contributed by atoms with Crippen LogP contribution in [0.25, 0.3) is 0 Å². The minimum atomic E-state index is -0.589. The molecule has 152 valence electrons. The number of carbonyl (C=O) groups is 1. The van der Waals surface area contributed by atoms with Crippen molar-refractivity contribution in [3.63, 3.8) is 0 Å². The molecule has 27 heavy (non-hydrogen) atoms. The molecule has 0 bridgehead atoms. The lowest BCUT2D eigenvalue weighted by molar-refractivity contribution is -0.142. The molecule has 6 heteroatoms. The Morgan fingerprint density at radius 1 is 1.26 bits per heavy atom. The highest BCUT2D eigenvalue weighted by Crippen LogP contribution is 2.26. The highest BCUT2D eigenvalue weighted by Gasteiger charge is 2.23. The zero-order valence-corrected chi connectivity index (χ0v) is 16.9. The minimum Gasteiger partial charge on any atom is -0.466 e. The molecule has 0 saturated heterocycles. The normalized spacial score (nSPS) is 13.8. The number of benzene rings is 1. The average molecular weight is 382 g/mol. The number of hydrogen-bond acceptors (Lipinski definition) is 5. The van der Waals surface area contributed by atoms with E-state index in [1.54, 1.807) is 14.0 Å². The summed E-state index contributed by atoms with van der Waals surface area (Å²) in [6, 6.07) is 4.11. The van der Waals surface area contributed by atoms with Crippen molar-refractivity contribution >= 4 is 5.97 Å². The second-order valence-corrected chi connectivity index (χ2v) is 6.24. The molecule has 0 aliphatic carbocycles. The summed E-state index contributed by atoms with van der Waals surface area (Å²) in [6.07, 6.45) is 2.91. The fourth-order valence-corrected chi connectivity index (χ4v) is 2.40. The van der Waals surface area contributed by atoms with Crippen molar-refractivity contribution in [3.05, 3.63) is 41.4 Å². The van der Waals surface area contributed by atoms with E-state index in [0.717, 1.165) is 12.8 Å². The Morgan fingerprint density at radius 2 is 2.00 bits per heavy atom. The first-order chi connectivity index (χ1) is 12.9. The molecule has 0 spiro atoms. The molecule has 0 aliphatic rings. The Morgan fingerprint density at radius 3 is 2.59 bits per heavy atom. The van der Waals surface area contributed by atoms with Gasteiger partial charge in [0.2, 0.25) is 6.29 Å². The van der Waals surface area contributed by atoms with Crippen molar-refractivity contribution in [2.45, 2.75) is 53.2 Å². The smallest absolute Gasteiger partial charge is 0.310 e. The van der Waals surface area contributed by atoms with Gasteiger partial charge in [0, 0.05) is 18.6 Å². The van der Waals surface area contributed by atoms with Crippen LogP contribution in [0.3, 0.4) is 0 Å². The van der Waals surface area contributed by atoms with Gasteiger partial charge in [-0.25, -0.2) is 4.39 Å². The van der Waals surface area contributed by atoms with Gasteiger partial charge in [0.05, 0.1) is 13.0 Å². The van der Waals surface area contributed by atoms with E-state index in [1.165, 1.54) is 18.2 Å². The molecule has 5 nitrogen and oxygen atoms in total. The minimum absolute atomic E-state index is 0.0656. The predicted molar refractivity (Wildman–Crippen MR) is 102 cm³/mol. The van der Waals surface area contributed by atoms with E-state index in [9.17, 15) is 9.18 Å². The molecular formula is C21H31FO5. The molecule has 0 saturated carbocycles. The van der Waals surface area contributed by atoms with Gasteiger partial charge in [0.1, 0.15) is 23.9 Å². The molecule has 0 aromatic heterocycles. The van der Waals surface area contributed by atoms with Crippen molar-refractivity contribution in [1.82, 2.24) is 0 Å². The van der Waals surface area contributed by atoms with Crippen LogP contribution in [0, 0.1) is 11.7 Å². The number of carbonyl (C=O) groups excluding carboxylic acids is 1. The second-order valence-electron chi connectivity index (χ2n) is 6.24. The fraction of sp³-hybridized carbons (Fsp3) is 0.571. The van der Waals surface area contributed by atoms with Gasteiger partial charge in [-0.15, -0.1) is 0 Å². The monoisotopic (exact) mass is 382 g/mol. The van der Waals surface area contributed by atoms with E-state index < -0.39 is 18.1 Å². The summed E-state index contributed by atoms with van der Waals surface area (Å²) >= 11 is 0. The van der Waals surface area contributed by atoms with Gasteiger partial charge in [0.15, 0.2) is 0 Å². The lowest BCUT2D eigenvalue weighted by Crippen LogP contribution is -2.29. The first-order valence-electron chi connectivity index (χ1n) is 9.40. The Labute approximate surface area is 161 Å². The number of esters is 1. The zero-order valence-electron chi connectivity index (χ0n) is 16.9. The van der Waals surface area contributed by atoms with Gasteiger partial charge >= 0.3 is 5.97 Å².